The third-order valence-electron chi connectivity index (χ3n) is 4.60. The Kier molecular flexibility index (Phi) is 7.22. The number of nitrogens with one attached hydrogen (secondary N) is 1. The van der Waals surface area contributed by atoms with Gasteiger partial charge < -0.3 is 13.9 Å². The highest BCUT2D eigenvalue weighted by Crippen LogP contribution is 2.22. The van der Waals surface area contributed by atoms with Crippen LogP contribution >= 0.6 is 0 Å². The topological polar surface area (TPSA) is 90.1 Å². The molecular formula is C24H24N2O5. The first-order valence-corrected chi connectivity index (χ1v) is 9.86. The molecule has 0 saturated carbocycles. The van der Waals surface area contributed by atoms with Gasteiger partial charge >= 0.3 is 5.97 Å². The minimum atomic E-state index is -0.376. The number of hydrazone groups is 1. The van der Waals surface area contributed by atoms with Crippen LogP contribution in [-0.2, 0) is 9.53 Å². The monoisotopic (exact) mass is 420 g/mol. The smallest absolute Gasteiger partial charge is 0.338 e. The summed E-state index contributed by atoms with van der Waals surface area (Å²) in [5.74, 6) is 1.02. The van der Waals surface area contributed by atoms with Crippen molar-refractivity contribution in [3.8, 4) is 17.1 Å². The van der Waals surface area contributed by atoms with Crippen LogP contribution in [0.3, 0.4) is 0 Å². The number of rotatable bonds is 8. The molecule has 3 rings (SSSR count). The number of ether oxygens (including phenoxy) is 2. The Morgan fingerprint density at radius 3 is 2.58 bits per heavy atom. The summed E-state index contributed by atoms with van der Waals surface area (Å²) in [6.45, 7) is 5.88. The summed E-state index contributed by atoms with van der Waals surface area (Å²) in [5.41, 5.74) is 5.79. The molecule has 0 aliphatic heterocycles. The molecule has 0 radical (unpaired) electrons. The van der Waals surface area contributed by atoms with Crippen molar-refractivity contribution in [1.29, 1.82) is 0 Å². The number of aryl methyl sites for hydroxylation is 1. The molecule has 7 nitrogen and oxygen atoms in total. The second-order valence-electron chi connectivity index (χ2n) is 6.78. The first-order valence-electron chi connectivity index (χ1n) is 9.86. The summed E-state index contributed by atoms with van der Waals surface area (Å²) >= 11 is 0. The van der Waals surface area contributed by atoms with E-state index in [1.165, 1.54) is 6.21 Å². The molecule has 0 atom stereocenters. The van der Waals surface area contributed by atoms with Crippen LogP contribution in [0.25, 0.3) is 11.3 Å². The molecule has 31 heavy (non-hydrogen) atoms. The first kappa shape index (κ1) is 21.8. The molecule has 160 valence electrons. The lowest BCUT2D eigenvalue weighted by Gasteiger charge is -2.09. The maximum absolute atomic E-state index is 11.9. The van der Waals surface area contributed by atoms with E-state index >= 15 is 0 Å². The van der Waals surface area contributed by atoms with E-state index in [-0.39, 0.29) is 18.5 Å². The number of esters is 1. The molecule has 0 saturated heterocycles. The van der Waals surface area contributed by atoms with Crippen molar-refractivity contribution in [3.05, 3.63) is 77.0 Å². The van der Waals surface area contributed by atoms with E-state index in [2.05, 4.69) is 10.5 Å². The summed E-state index contributed by atoms with van der Waals surface area (Å²) in [6.07, 6.45) is 1.41. The molecule has 0 aliphatic rings. The zero-order valence-electron chi connectivity index (χ0n) is 17.7. The lowest BCUT2D eigenvalue weighted by atomic mass is 10.1. The van der Waals surface area contributed by atoms with Crippen molar-refractivity contribution in [3.63, 3.8) is 0 Å². The predicted octanol–water partition coefficient (Wildman–Crippen LogP) is 4.27. The summed E-state index contributed by atoms with van der Waals surface area (Å²) in [5, 5.41) is 3.90. The average molecular weight is 420 g/mol. The highest BCUT2D eigenvalue weighted by molar-refractivity contribution is 5.90. The van der Waals surface area contributed by atoms with Crippen LogP contribution in [0.5, 0.6) is 5.75 Å². The van der Waals surface area contributed by atoms with Crippen molar-refractivity contribution in [2.75, 3.05) is 13.2 Å². The van der Waals surface area contributed by atoms with E-state index in [9.17, 15) is 9.59 Å². The number of benzene rings is 2. The van der Waals surface area contributed by atoms with Gasteiger partial charge in [-0.05, 0) is 62.2 Å². The van der Waals surface area contributed by atoms with Crippen molar-refractivity contribution in [2.45, 2.75) is 20.8 Å². The van der Waals surface area contributed by atoms with Crippen LogP contribution < -0.4 is 10.2 Å². The van der Waals surface area contributed by atoms with Gasteiger partial charge in [-0.1, -0.05) is 24.3 Å². The Morgan fingerprint density at radius 1 is 1.06 bits per heavy atom. The average Bonchev–Trinajstić information content (AvgIpc) is 3.24. The standard InChI is InChI=1S/C24H24N2O5/c1-4-29-24(28)19-10-8-18(9-11-19)22-13-12-20(31-22)14-25-26-23(27)15-30-21-7-5-6-16(2)17(21)3/h5-14H,4,15H2,1-3H3,(H,26,27)/b25-14-. The first-order chi connectivity index (χ1) is 15.0. The molecule has 0 spiro atoms. The van der Waals surface area contributed by atoms with E-state index in [1.807, 2.05) is 32.0 Å². The Labute approximate surface area is 180 Å². The lowest BCUT2D eigenvalue weighted by Crippen LogP contribution is -2.24. The maximum atomic E-state index is 11.9. The molecule has 2 aromatic carbocycles. The van der Waals surface area contributed by atoms with Crippen molar-refractivity contribution in [2.24, 2.45) is 5.10 Å². The van der Waals surface area contributed by atoms with Crippen LogP contribution in [0.4, 0.5) is 0 Å². The minimum absolute atomic E-state index is 0.141. The van der Waals surface area contributed by atoms with Crippen LogP contribution in [0.2, 0.25) is 0 Å². The molecule has 1 N–H and O–H groups in total. The minimum Gasteiger partial charge on any atom is -0.483 e. The van der Waals surface area contributed by atoms with Gasteiger partial charge in [-0.3, -0.25) is 4.79 Å². The second kappa shape index (κ2) is 10.2. The SMILES string of the molecule is CCOC(=O)c1ccc(-c2ccc(/C=N\NC(=O)COc3cccc(C)c3C)o2)cc1. The molecule has 0 bridgehead atoms. The zero-order chi connectivity index (χ0) is 22.2. The molecule has 0 aliphatic carbocycles. The van der Waals surface area contributed by atoms with Gasteiger partial charge in [-0.15, -0.1) is 0 Å². The molecule has 7 heteroatoms. The van der Waals surface area contributed by atoms with Gasteiger partial charge in [-0.25, -0.2) is 10.2 Å². The molecule has 1 heterocycles. The molecule has 3 aromatic rings. The third-order valence-corrected chi connectivity index (χ3v) is 4.60. The number of hydrogen-bond acceptors (Lipinski definition) is 6. The quantitative estimate of drug-likeness (QED) is 0.334. The summed E-state index contributed by atoms with van der Waals surface area (Å²) in [7, 11) is 0. The molecule has 0 unspecified atom stereocenters. The molecule has 1 aromatic heterocycles. The fourth-order valence-corrected chi connectivity index (χ4v) is 2.79. The van der Waals surface area contributed by atoms with E-state index in [0.717, 1.165) is 16.7 Å². The van der Waals surface area contributed by atoms with E-state index in [0.29, 0.717) is 29.4 Å². The van der Waals surface area contributed by atoms with Crippen LogP contribution in [0, 0.1) is 13.8 Å². The van der Waals surface area contributed by atoms with Gasteiger partial charge in [0.05, 0.1) is 18.4 Å². The number of carbonyl (C=O) groups is 2. The Bertz CT molecular complexity index is 1080. The molecule has 1 amide bonds. The highest BCUT2D eigenvalue weighted by atomic mass is 16.5. The number of hydrogen-bond donors (Lipinski definition) is 1. The van der Waals surface area contributed by atoms with Crippen LogP contribution in [0.15, 0.2) is 64.1 Å². The van der Waals surface area contributed by atoms with Gasteiger partial charge in [0.1, 0.15) is 17.3 Å². The van der Waals surface area contributed by atoms with E-state index in [4.69, 9.17) is 13.9 Å². The summed E-state index contributed by atoms with van der Waals surface area (Å²) in [4.78, 5) is 23.7. The fraction of sp³-hybridized carbons (Fsp3) is 0.208. The normalized spacial score (nSPS) is 10.8. The maximum Gasteiger partial charge on any atom is 0.338 e. The fourth-order valence-electron chi connectivity index (χ4n) is 2.79. The molecule has 0 fully saturated rings. The Morgan fingerprint density at radius 2 is 1.84 bits per heavy atom. The zero-order valence-corrected chi connectivity index (χ0v) is 17.7. The Balaban J connectivity index is 1.52. The van der Waals surface area contributed by atoms with E-state index < -0.39 is 0 Å². The van der Waals surface area contributed by atoms with Crippen molar-refractivity contribution in [1.82, 2.24) is 5.43 Å². The predicted molar refractivity (Wildman–Crippen MR) is 117 cm³/mol. The van der Waals surface area contributed by atoms with Gasteiger partial charge in [0.15, 0.2) is 6.61 Å². The number of nitrogens with zero attached hydrogens (tertiary/aromatic N) is 1. The largest absolute Gasteiger partial charge is 0.483 e. The summed E-state index contributed by atoms with van der Waals surface area (Å²) < 4.78 is 16.2. The second-order valence-corrected chi connectivity index (χ2v) is 6.78. The highest BCUT2D eigenvalue weighted by Gasteiger charge is 2.09. The third kappa shape index (κ3) is 5.82. The number of amides is 1. The van der Waals surface area contributed by atoms with Gasteiger partial charge in [0, 0.05) is 5.56 Å². The van der Waals surface area contributed by atoms with Gasteiger partial charge in [0.25, 0.3) is 5.91 Å². The lowest BCUT2D eigenvalue weighted by molar-refractivity contribution is -0.123. The van der Waals surface area contributed by atoms with Crippen molar-refractivity contribution < 1.29 is 23.5 Å². The van der Waals surface area contributed by atoms with Crippen LogP contribution in [-0.4, -0.2) is 31.3 Å². The Hall–Kier alpha value is -3.87. The molecular weight excluding hydrogens is 396 g/mol. The number of carbonyl (C=O) groups excluding carboxylic acids is 2. The summed E-state index contributed by atoms with van der Waals surface area (Å²) in [6, 6.07) is 16.1. The van der Waals surface area contributed by atoms with Gasteiger partial charge in [-0.2, -0.15) is 5.10 Å². The number of furan rings is 1. The van der Waals surface area contributed by atoms with E-state index in [1.54, 1.807) is 43.3 Å². The van der Waals surface area contributed by atoms with Crippen molar-refractivity contribution >= 4 is 18.1 Å². The van der Waals surface area contributed by atoms with Crippen LogP contribution in [0.1, 0.15) is 34.2 Å². The van der Waals surface area contributed by atoms with Gasteiger partial charge in [0.2, 0.25) is 0 Å².